The molecule has 3 heteroatoms. The summed E-state index contributed by atoms with van der Waals surface area (Å²) < 4.78 is 0. The van der Waals surface area contributed by atoms with Crippen LogP contribution in [-0.2, 0) is 0 Å². The lowest BCUT2D eigenvalue weighted by Gasteiger charge is -2.35. The van der Waals surface area contributed by atoms with Gasteiger partial charge in [-0.25, -0.2) is 0 Å². The molecule has 1 aliphatic rings. The van der Waals surface area contributed by atoms with E-state index in [0.29, 0.717) is 11.9 Å². The Bertz CT molecular complexity index is 219. The van der Waals surface area contributed by atoms with Crippen LogP contribution in [0.5, 0.6) is 0 Å². The fourth-order valence-corrected chi connectivity index (χ4v) is 2.67. The smallest absolute Gasteiger partial charge is 0.0947 e. The van der Waals surface area contributed by atoms with Crippen molar-refractivity contribution in [2.75, 3.05) is 13.6 Å². The van der Waals surface area contributed by atoms with Crippen LogP contribution < -0.4 is 5.73 Å². The zero-order valence-electron chi connectivity index (χ0n) is 11.0. The maximum atomic E-state index is 7.42. The van der Waals surface area contributed by atoms with Crippen LogP contribution in [-0.4, -0.2) is 30.4 Å². The van der Waals surface area contributed by atoms with Crippen LogP contribution in [0.1, 0.15) is 46.0 Å². The molecule has 0 bridgehead atoms. The summed E-state index contributed by atoms with van der Waals surface area (Å²) in [6.07, 6.45) is 6.72. The van der Waals surface area contributed by atoms with Gasteiger partial charge < -0.3 is 10.6 Å². The molecule has 1 unspecified atom stereocenters. The molecule has 94 valence electrons. The molecule has 1 aliphatic carbocycles. The lowest BCUT2D eigenvalue weighted by molar-refractivity contribution is 0.156. The van der Waals surface area contributed by atoms with Crippen molar-refractivity contribution in [2.24, 2.45) is 17.6 Å². The van der Waals surface area contributed by atoms with Crippen LogP contribution in [0.3, 0.4) is 0 Å². The van der Waals surface area contributed by atoms with E-state index >= 15 is 0 Å². The first-order valence-electron chi connectivity index (χ1n) is 6.58. The first-order chi connectivity index (χ1) is 7.54. The number of nitrogens with zero attached hydrogens (tertiary/aromatic N) is 1. The van der Waals surface area contributed by atoms with E-state index in [2.05, 4.69) is 18.9 Å². The molecule has 1 fully saturated rings. The maximum absolute atomic E-state index is 7.42. The Labute approximate surface area is 99.9 Å². The number of nitrogens with one attached hydrogen (secondary N) is 1. The van der Waals surface area contributed by atoms with Gasteiger partial charge in [-0.05, 0) is 38.6 Å². The zero-order valence-corrected chi connectivity index (χ0v) is 11.0. The van der Waals surface area contributed by atoms with Gasteiger partial charge in [0.25, 0.3) is 0 Å². The average Bonchev–Trinajstić information content (AvgIpc) is 2.28. The van der Waals surface area contributed by atoms with Gasteiger partial charge in [-0.1, -0.05) is 20.3 Å². The fourth-order valence-electron chi connectivity index (χ4n) is 2.67. The maximum Gasteiger partial charge on any atom is 0.0947 e. The van der Waals surface area contributed by atoms with E-state index in [4.69, 9.17) is 11.1 Å². The Balaban J connectivity index is 2.33. The van der Waals surface area contributed by atoms with E-state index in [9.17, 15) is 0 Å². The minimum absolute atomic E-state index is 0.189. The highest BCUT2D eigenvalue weighted by Crippen LogP contribution is 2.29. The Morgan fingerprint density at radius 2 is 1.94 bits per heavy atom. The van der Waals surface area contributed by atoms with Crippen LogP contribution in [0, 0.1) is 17.2 Å². The van der Waals surface area contributed by atoms with E-state index in [-0.39, 0.29) is 5.92 Å². The lowest BCUT2D eigenvalue weighted by Crippen LogP contribution is -2.40. The van der Waals surface area contributed by atoms with E-state index in [0.717, 1.165) is 12.5 Å². The normalized spacial score (nSPS) is 28.0. The van der Waals surface area contributed by atoms with Crippen LogP contribution in [0.4, 0.5) is 0 Å². The summed E-state index contributed by atoms with van der Waals surface area (Å²) in [4.78, 5) is 2.40. The third-order valence-corrected chi connectivity index (χ3v) is 4.11. The molecule has 0 spiro atoms. The second-order valence-corrected chi connectivity index (χ2v) is 5.38. The fraction of sp³-hybridized carbons (Fsp3) is 0.923. The Morgan fingerprint density at radius 3 is 2.38 bits per heavy atom. The van der Waals surface area contributed by atoms with Crippen LogP contribution >= 0.6 is 0 Å². The molecule has 16 heavy (non-hydrogen) atoms. The van der Waals surface area contributed by atoms with Crippen molar-refractivity contribution in [1.82, 2.24) is 4.90 Å². The third kappa shape index (κ3) is 3.78. The predicted molar refractivity (Wildman–Crippen MR) is 69.7 cm³/mol. The topological polar surface area (TPSA) is 53.1 Å². The molecule has 0 aromatic rings. The molecule has 1 rings (SSSR count). The highest BCUT2D eigenvalue weighted by atomic mass is 15.1. The average molecular weight is 225 g/mol. The number of nitrogens with two attached hydrogens (primary N) is 1. The van der Waals surface area contributed by atoms with Gasteiger partial charge in [-0.15, -0.1) is 0 Å². The molecule has 1 saturated carbocycles. The van der Waals surface area contributed by atoms with Gasteiger partial charge in [0.1, 0.15) is 0 Å². The van der Waals surface area contributed by atoms with E-state index in [1.807, 2.05) is 6.92 Å². The van der Waals surface area contributed by atoms with Crippen LogP contribution in [0.25, 0.3) is 0 Å². The summed E-state index contributed by atoms with van der Waals surface area (Å²) in [6, 6.07) is 0.713. The summed E-state index contributed by atoms with van der Waals surface area (Å²) >= 11 is 0. The van der Waals surface area contributed by atoms with E-state index in [1.165, 1.54) is 32.1 Å². The zero-order chi connectivity index (χ0) is 12.1. The number of rotatable bonds is 5. The largest absolute Gasteiger partial charge is 0.387 e. The van der Waals surface area contributed by atoms with Gasteiger partial charge in [0.05, 0.1) is 5.84 Å². The minimum Gasteiger partial charge on any atom is -0.387 e. The monoisotopic (exact) mass is 225 g/mol. The summed E-state index contributed by atoms with van der Waals surface area (Å²) in [6.45, 7) is 5.26. The molecular weight excluding hydrogens is 198 g/mol. The number of amidine groups is 1. The molecular formula is C13H27N3. The first kappa shape index (κ1) is 13.5. The summed E-state index contributed by atoms with van der Waals surface area (Å²) in [5.74, 6) is 1.46. The van der Waals surface area contributed by atoms with Crippen molar-refractivity contribution >= 4 is 5.84 Å². The third-order valence-electron chi connectivity index (χ3n) is 4.11. The van der Waals surface area contributed by atoms with Crippen molar-refractivity contribution in [1.29, 1.82) is 5.41 Å². The van der Waals surface area contributed by atoms with E-state index < -0.39 is 0 Å². The van der Waals surface area contributed by atoms with Gasteiger partial charge in [0.15, 0.2) is 0 Å². The van der Waals surface area contributed by atoms with Crippen LogP contribution in [0.15, 0.2) is 0 Å². The van der Waals surface area contributed by atoms with Crippen molar-refractivity contribution in [3.05, 3.63) is 0 Å². The molecule has 3 nitrogen and oxygen atoms in total. The van der Waals surface area contributed by atoms with Crippen molar-refractivity contribution in [3.63, 3.8) is 0 Å². The summed E-state index contributed by atoms with van der Waals surface area (Å²) in [7, 11) is 2.18. The predicted octanol–water partition coefficient (Wildman–Crippen LogP) is 2.46. The van der Waals surface area contributed by atoms with Crippen molar-refractivity contribution in [3.8, 4) is 0 Å². The minimum atomic E-state index is 0.189. The number of hydrogen-bond donors (Lipinski definition) is 2. The molecule has 0 radical (unpaired) electrons. The second kappa shape index (κ2) is 6.24. The highest BCUT2D eigenvalue weighted by molar-refractivity contribution is 5.79. The summed E-state index contributed by atoms with van der Waals surface area (Å²) in [5.41, 5.74) is 5.51. The molecule has 0 aromatic heterocycles. The lowest BCUT2D eigenvalue weighted by atomic mass is 9.84. The Hall–Kier alpha value is -0.570. The quantitative estimate of drug-likeness (QED) is 0.558. The second-order valence-electron chi connectivity index (χ2n) is 5.38. The molecule has 0 amide bonds. The molecule has 0 aromatic carbocycles. The van der Waals surface area contributed by atoms with Crippen LogP contribution in [0.2, 0.25) is 0 Å². The van der Waals surface area contributed by atoms with Gasteiger partial charge in [0, 0.05) is 18.5 Å². The highest BCUT2D eigenvalue weighted by Gasteiger charge is 2.24. The molecule has 1 atom stereocenters. The van der Waals surface area contributed by atoms with Gasteiger partial charge >= 0.3 is 0 Å². The van der Waals surface area contributed by atoms with E-state index in [1.54, 1.807) is 0 Å². The molecule has 0 heterocycles. The van der Waals surface area contributed by atoms with Gasteiger partial charge in [-0.2, -0.15) is 0 Å². The SMILES string of the molecule is CCC1CCC(N(C)CC(C)C(=N)N)CC1. The van der Waals surface area contributed by atoms with Gasteiger partial charge in [0.2, 0.25) is 0 Å². The summed E-state index contributed by atoms with van der Waals surface area (Å²) in [5, 5.41) is 7.42. The number of hydrogen-bond acceptors (Lipinski definition) is 2. The molecule has 0 saturated heterocycles. The van der Waals surface area contributed by atoms with Crippen molar-refractivity contribution in [2.45, 2.75) is 52.0 Å². The molecule has 0 aliphatic heterocycles. The Kier molecular flexibility index (Phi) is 5.26. The standard InChI is InChI=1S/C13H27N3/c1-4-11-5-7-12(8-6-11)16(3)9-10(2)13(14)15/h10-12H,4-9H2,1-3H3,(H3,14,15). The first-order valence-corrected chi connectivity index (χ1v) is 6.58. The molecule has 3 N–H and O–H groups in total. The Morgan fingerprint density at radius 1 is 1.38 bits per heavy atom. The van der Waals surface area contributed by atoms with Crippen molar-refractivity contribution < 1.29 is 0 Å². The van der Waals surface area contributed by atoms with Gasteiger partial charge in [-0.3, -0.25) is 5.41 Å².